The van der Waals surface area contributed by atoms with Crippen LogP contribution in [0.5, 0.6) is 0 Å². The molecule has 3 aromatic rings. The van der Waals surface area contributed by atoms with Gasteiger partial charge in [0.1, 0.15) is 12.1 Å². The first-order valence-electron chi connectivity index (χ1n) is 8.08. The van der Waals surface area contributed by atoms with Gasteiger partial charge in [-0.3, -0.25) is 0 Å². The van der Waals surface area contributed by atoms with Crippen LogP contribution in [0.1, 0.15) is 5.69 Å². The number of nitrogens with zero attached hydrogens (tertiary/aromatic N) is 6. The minimum atomic E-state index is 0.602. The molecule has 0 saturated carbocycles. The Morgan fingerprint density at radius 2 is 2.04 bits per heavy atom. The van der Waals surface area contributed by atoms with Crippen molar-refractivity contribution in [1.82, 2.24) is 24.8 Å². The zero-order chi connectivity index (χ0) is 17.2. The first-order valence-corrected chi connectivity index (χ1v) is 9.69. The van der Waals surface area contributed by atoms with Crippen molar-refractivity contribution in [2.24, 2.45) is 0 Å². The molecule has 4 heterocycles. The molecule has 25 heavy (non-hydrogen) atoms. The summed E-state index contributed by atoms with van der Waals surface area (Å²) in [5.41, 5.74) is 1.89. The number of hydrogen-bond donors (Lipinski definition) is 1. The predicted molar refractivity (Wildman–Crippen MR) is 104 cm³/mol. The molecule has 7 nitrogen and oxygen atoms in total. The maximum absolute atomic E-state index is 4.71. The van der Waals surface area contributed by atoms with Gasteiger partial charge in [0.2, 0.25) is 5.95 Å². The van der Waals surface area contributed by atoms with Crippen molar-refractivity contribution >= 4 is 49.2 Å². The summed E-state index contributed by atoms with van der Waals surface area (Å²) < 4.78 is 2.09. The number of anilines is 2. The third-order valence-corrected chi connectivity index (χ3v) is 5.84. The summed E-state index contributed by atoms with van der Waals surface area (Å²) in [7, 11) is 2.14. The van der Waals surface area contributed by atoms with E-state index in [1.807, 2.05) is 18.3 Å². The molecule has 0 bridgehead atoms. The first-order chi connectivity index (χ1) is 12.2. The molecule has 1 aliphatic heterocycles. The van der Waals surface area contributed by atoms with Crippen LogP contribution in [0, 0.1) is 0 Å². The molecule has 0 atom stereocenters. The zero-order valence-corrected chi connectivity index (χ0v) is 16.2. The predicted octanol–water partition coefficient (Wildman–Crippen LogP) is 2.61. The smallest absolute Gasteiger partial charge is 0.225 e. The molecule has 0 radical (unpaired) electrons. The Bertz CT molecular complexity index is 876. The Labute approximate surface area is 158 Å². The monoisotopic (exact) mass is 419 g/mol. The Hall–Kier alpha value is -1.84. The van der Waals surface area contributed by atoms with E-state index >= 15 is 0 Å². The van der Waals surface area contributed by atoms with Crippen molar-refractivity contribution in [2.45, 2.75) is 6.54 Å². The average Bonchev–Trinajstić information content (AvgIpc) is 3.01. The molecule has 9 heteroatoms. The fraction of sp³-hybridized carbons (Fsp3) is 0.375. The summed E-state index contributed by atoms with van der Waals surface area (Å²) in [5.74, 6) is 1.64. The molecule has 1 fully saturated rings. The lowest BCUT2D eigenvalue weighted by atomic mass is 10.3. The largest absolute Gasteiger partial charge is 0.363 e. The maximum Gasteiger partial charge on any atom is 0.225 e. The number of piperazine rings is 1. The van der Waals surface area contributed by atoms with Gasteiger partial charge in [-0.2, -0.15) is 0 Å². The Balaban J connectivity index is 1.48. The maximum atomic E-state index is 4.71. The Kier molecular flexibility index (Phi) is 4.78. The summed E-state index contributed by atoms with van der Waals surface area (Å²) >= 11 is 5.13. The Morgan fingerprint density at radius 1 is 1.20 bits per heavy atom. The molecule has 0 aromatic carbocycles. The van der Waals surface area contributed by atoms with Gasteiger partial charge in [0, 0.05) is 32.4 Å². The highest BCUT2D eigenvalue weighted by Gasteiger charge is 2.16. The summed E-state index contributed by atoms with van der Waals surface area (Å²) in [6.45, 7) is 4.60. The van der Waals surface area contributed by atoms with E-state index in [9.17, 15) is 0 Å². The van der Waals surface area contributed by atoms with Gasteiger partial charge >= 0.3 is 0 Å². The number of halogens is 1. The molecule has 0 amide bonds. The number of thiophene rings is 1. The second-order valence-electron chi connectivity index (χ2n) is 5.98. The van der Waals surface area contributed by atoms with E-state index in [1.54, 1.807) is 17.7 Å². The molecule has 0 unspecified atom stereocenters. The summed E-state index contributed by atoms with van der Waals surface area (Å²) in [5, 5.41) is 3.38. The van der Waals surface area contributed by atoms with Gasteiger partial charge in [-0.05, 0) is 35.1 Å². The van der Waals surface area contributed by atoms with Crippen LogP contribution in [0.25, 0.3) is 10.2 Å². The lowest BCUT2D eigenvalue weighted by Crippen LogP contribution is -2.45. The van der Waals surface area contributed by atoms with E-state index in [2.05, 4.69) is 53.0 Å². The molecule has 1 saturated heterocycles. The van der Waals surface area contributed by atoms with Crippen LogP contribution in [0.4, 0.5) is 11.8 Å². The van der Waals surface area contributed by atoms with Crippen LogP contribution in [0.2, 0.25) is 0 Å². The third kappa shape index (κ3) is 3.73. The van der Waals surface area contributed by atoms with Crippen LogP contribution >= 0.6 is 27.3 Å². The molecule has 1 N–H and O–H groups in total. The standard InChI is InChI=1S/C16H18BrN7S/c1-23-4-6-24(7-5-23)16-18-3-2-11(22-16)9-19-15-14-12(20-10-21-15)8-13(17)25-14/h2-3,8,10H,4-7,9H2,1H3,(H,19,20,21). The molecular weight excluding hydrogens is 402 g/mol. The van der Waals surface area contributed by atoms with Crippen molar-refractivity contribution in [3.63, 3.8) is 0 Å². The molecule has 0 aliphatic carbocycles. The van der Waals surface area contributed by atoms with E-state index in [0.717, 1.165) is 57.6 Å². The molecular formula is C16H18BrN7S. The first kappa shape index (κ1) is 16.6. The second kappa shape index (κ2) is 7.19. The highest BCUT2D eigenvalue weighted by atomic mass is 79.9. The molecule has 3 aromatic heterocycles. The van der Waals surface area contributed by atoms with Gasteiger partial charge in [0.25, 0.3) is 0 Å². The van der Waals surface area contributed by atoms with Gasteiger partial charge in [-0.25, -0.2) is 19.9 Å². The summed E-state index contributed by atoms with van der Waals surface area (Å²) in [4.78, 5) is 22.4. The van der Waals surface area contributed by atoms with E-state index in [1.165, 1.54) is 0 Å². The van der Waals surface area contributed by atoms with Crippen molar-refractivity contribution < 1.29 is 0 Å². The average molecular weight is 420 g/mol. The SMILES string of the molecule is CN1CCN(c2nccc(CNc3ncnc4cc(Br)sc34)n2)CC1. The fourth-order valence-electron chi connectivity index (χ4n) is 2.77. The molecule has 4 rings (SSSR count). The molecule has 1 aliphatic rings. The van der Waals surface area contributed by atoms with E-state index < -0.39 is 0 Å². The second-order valence-corrected chi connectivity index (χ2v) is 8.41. The van der Waals surface area contributed by atoms with E-state index in [-0.39, 0.29) is 0 Å². The van der Waals surface area contributed by atoms with Gasteiger partial charge in [-0.1, -0.05) is 0 Å². The van der Waals surface area contributed by atoms with Crippen LogP contribution < -0.4 is 10.2 Å². The van der Waals surface area contributed by atoms with Gasteiger partial charge < -0.3 is 15.1 Å². The van der Waals surface area contributed by atoms with Crippen molar-refractivity contribution in [3.05, 3.63) is 34.1 Å². The lowest BCUT2D eigenvalue weighted by molar-refractivity contribution is 0.311. The molecule has 0 spiro atoms. The number of nitrogens with one attached hydrogen (secondary N) is 1. The van der Waals surface area contributed by atoms with Crippen molar-refractivity contribution in [3.8, 4) is 0 Å². The highest BCUT2D eigenvalue weighted by molar-refractivity contribution is 9.11. The fourth-order valence-corrected chi connectivity index (χ4v) is 4.27. The zero-order valence-electron chi connectivity index (χ0n) is 13.8. The minimum Gasteiger partial charge on any atom is -0.363 e. The van der Waals surface area contributed by atoms with E-state index in [4.69, 9.17) is 4.98 Å². The quantitative estimate of drug-likeness (QED) is 0.696. The lowest BCUT2D eigenvalue weighted by Gasteiger charge is -2.32. The normalized spacial score (nSPS) is 15.7. The molecule has 130 valence electrons. The summed E-state index contributed by atoms with van der Waals surface area (Å²) in [6, 6.07) is 3.94. The van der Waals surface area contributed by atoms with Crippen molar-refractivity contribution in [1.29, 1.82) is 0 Å². The number of likely N-dealkylation sites (N-methyl/N-ethyl adjacent to an activating group) is 1. The third-order valence-electron chi connectivity index (χ3n) is 4.20. The minimum absolute atomic E-state index is 0.602. The van der Waals surface area contributed by atoms with Gasteiger partial charge in [-0.15, -0.1) is 11.3 Å². The van der Waals surface area contributed by atoms with Gasteiger partial charge in [0.05, 0.1) is 26.2 Å². The topological polar surface area (TPSA) is 70.1 Å². The number of rotatable bonds is 4. The van der Waals surface area contributed by atoms with Crippen LogP contribution in [0.3, 0.4) is 0 Å². The van der Waals surface area contributed by atoms with Crippen LogP contribution in [-0.2, 0) is 6.54 Å². The number of fused-ring (bicyclic) bond motifs is 1. The number of hydrogen-bond acceptors (Lipinski definition) is 8. The highest BCUT2D eigenvalue weighted by Crippen LogP contribution is 2.32. The number of aromatic nitrogens is 4. The van der Waals surface area contributed by atoms with Crippen LogP contribution in [0.15, 0.2) is 28.4 Å². The van der Waals surface area contributed by atoms with Crippen molar-refractivity contribution in [2.75, 3.05) is 43.4 Å². The van der Waals surface area contributed by atoms with E-state index in [0.29, 0.717) is 6.54 Å². The van der Waals surface area contributed by atoms with Gasteiger partial charge in [0.15, 0.2) is 0 Å². The Morgan fingerprint density at radius 3 is 2.88 bits per heavy atom. The van der Waals surface area contributed by atoms with Crippen LogP contribution in [-0.4, -0.2) is 58.1 Å². The summed E-state index contributed by atoms with van der Waals surface area (Å²) in [6.07, 6.45) is 3.41.